The first-order valence-electron chi connectivity index (χ1n) is 5.78. The first-order chi connectivity index (χ1) is 8.54. The third-order valence-corrected chi connectivity index (χ3v) is 2.95. The number of nitrogens with one attached hydrogen (secondary N) is 1. The van der Waals surface area contributed by atoms with Crippen LogP contribution in [0.15, 0.2) is 18.2 Å². The lowest BCUT2D eigenvalue weighted by atomic mass is 9.91. The number of benzene rings is 1. The molecule has 0 heterocycles. The molecule has 106 valence electrons. The molecule has 0 saturated carbocycles. The number of carboxylic acids is 1. The fourth-order valence-corrected chi connectivity index (χ4v) is 1.47. The van der Waals surface area contributed by atoms with E-state index in [1.807, 2.05) is 0 Å². The molecule has 4 N–H and O–H groups in total. The maximum Gasteiger partial charge on any atom is 0.323 e. The van der Waals surface area contributed by atoms with E-state index in [0.29, 0.717) is 0 Å². The van der Waals surface area contributed by atoms with E-state index in [9.17, 15) is 13.6 Å². The predicted molar refractivity (Wildman–Crippen MR) is 67.6 cm³/mol. The minimum Gasteiger partial charge on any atom is -0.480 e. The van der Waals surface area contributed by atoms with Gasteiger partial charge in [0.15, 0.2) is 0 Å². The topological polar surface area (TPSA) is 75.3 Å². The van der Waals surface area contributed by atoms with Crippen LogP contribution in [-0.2, 0) is 10.3 Å². The minimum absolute atomic E-state index is 0.0647. The van der Waals surface area contributed by atoms with E-state index in [0.717, 1.165) is 18.2 Å². The molecule has 0 aromatic heterocycles. The molecule has 6 heteroatoms. The van der Waals surface area contributed by atoms with Gasteiger partial charge < -0.3 is 16.2 Å². The molecule has 0 aliphatic heterocycles. The Hall–Kier alpha value is -1.53. The van der Waals surface area contributed by atoms with Crippen molar-refractivity contribution >= 4 is 5.97 Å². The highest BCUT2D eigenvalue weighted by atomic mass is 19.1. The first-order valence-corrected chi connectivity index (χ1v) is 5.78. The van der Waals surface area contributed by atoms with E-state index in [1.165, 1.54) is 13.8 Å². The molecule has 1 unspecified atom stereocenters. The maximum absolute atomic E-state index is 13.2. The Bertz CT molecular complexity index is 467. The normalized spacial score (nSPS) is 15.1. The Morgan fingerprint density at radius 1 is 1.26 bits per heavy atom. The molecule has 0 amide bonds. The number of halogens is 2. The third kappa shape index (κ3) is 3.97. The Morgan fingerprint density at radius 3 is 2.16 bits per heavy atom. The Morgan fingerprint density at radius 2 is 1.74 bits per heavy atom. The monoisotopic (exact) mass is 272 g/mol. The van der Waals surface area contributed by atoms with Gasteiger partial charge in [0.1, 0.15) is 17.2 Å². The van der Waals surface area contributed by atoms with Crippen LogP contribution in [0.4, 0.5) is 8.78 Å². The molecule has 1 aromatic carbocycles. The van der Waals surface area contributed by atoms with Crippen molar-refractivity contribution < 1.29 is 18.7 Å². The van der Waals surface area contributed by atoms with Crippen LogP contribution in [0.2, 0.25) is 0 Å². The molecule has 1 aromatic rings. The molecule has 0 aliphatic rings. The van der Waals surface area contributed by atoms with Crippen LogP contribution in [-0.4, -0.2) is 23.2 Å². The quantitative estimate of drug-likeness (QED) is 0.761. The summed E-state index contributed by atoms with van der Waals surface area (Å²) in [6, 6.07) is 3.03. The summed E-state index contributed by atoms with van der Waals surface area (Å²) in [4.78, 5) is 11.0. The smallest absolute Gasteiger partial charge is 0.323 e. The summed E-state index contributed by atoms with van der Waals surface area (Å²) in [6.45, 7) is 4.61. The van der Waals surface area contributed by atoms with E-state index >= 15 is 0 Å². The van der Waals surface area contributed by atoms with Crippen LogP contribution in [0.3, 0.4) is 0 Å². The van der Waals surface area contributed by atoms with Gasteiger partial charge in [0.2, 0.25) is 0 Å². The summed E-state index contributed by atoms with van der Waals surface area (Å²) < 4.78 is 26.3. The highest BCUT2D eigenvalue weighted by molar-refractivity contribution is 5.77. The van der Waals surface area contributed by atoms with Crippen molar-refractivity contribution in [3.8, 4) is 0 Å². The van der Waals surface area contributed by atoms with Crippen molar-refractivity contribution in [3.63, 3.8) is 0 Å². The van der Waals surface area contributed by atoms with Gasteiger partial charge in [-0.1, -0.05) is 0 Å². The number of hydrogen-bond acceptors (Lipinski definition) is 3. The van der Waals surface area contributed by atoms with Crippen LogP contribution in [0, 0.1) is 11.6 Å². The number of aliphatic carboxylic acids is 1. The van der Waals surface area contributed by atoms with Gasteiger partial charge in [-0.25, -0.2) is 8.78 Å². The van der Waals surface area contributed by atoms with Crippen molar-refractivity contribution in [1.82, 2.24) is 5.32 Å². The molecule has 0 spiro atoms. The highest BCUT2D eigenvalue weighted by Gasteiger charge is 2.31. The number of carboxylic acid groups (broad SMARTS) is 1. The van der Waals surface area contributed by atoms with Crippen molar-refractivity contribution in [2.24, 2.45) is 5.73 Å². The summed E-state index contributed by atoms with van der Waals surface area (Å²) in [5, 5.41) is 11.7. The van der Waals surface area contributed by atoms with Crippen LogP contribution >= 0.6 is 0 Å². The number of nitrogens with two attached hydrogens (primary N) is 1. The van der Waals surface area contributed by atoms with E-state index in [4.69, 9.17) is 10.8 Å². The molecule has 4 nitrogen and oxygen atoms in total. The minimum atomic E-state index is -1.17. The molecule has 0 radical (unpaired) electrons. The largest absolute Gasteiger partial charge is 0.480 e. The second-order valence-corrected chi connectivity index (χ2v) is 5.36. The summed E-state index contributed by atoms with van der Waals surface area (Å²) in [5.74, 6) is -2.47. The highest BCUT2D eigenvalue weighted by Crippen LogP contribution is 2.20. The van der Waals surface area contributed by atoms with Crippen LogP contribution in [0.1, 0.15) is 26.3 Å². The van der Waals surface area contributed by atoms with E-state index < -0.39 is 28.7 Å². The fraction of sp³-hybridized carbons (Fsp3) is 0.462. The van der Waals surface area contributed by atoms with Crippen molar-refractivity contribution in [2.75, 3.05) is 6.54 Å². The standard InChI is InChI=1S/C13H18F2N2O2/c1-12(2,11(18)19)17-7-13(3,16)8-4-9(14)6-10(15)5-8/h4-6,17H,7,16H2,1-3H3,(H,18,19). The number of carbonyl (C=O) groups is 1. The van der Waals surface area contributed by atoms with E-state index in [-0.39, 0.29) is 12.1 Å². The summed E-state index contributed by atoms with van der Waals surface area (Å²) in [5.41, 5.74) is 4.00. The molecule has 0 fully saturated rings. The second-order valence-electron chi connectivity index (χ2n) is 5.36. The predicted octanol–water partition coefficient (Wildman–Crippen LogP) is 1.59. The zero-order chi connectivity index (χ0) is 14.8. The van der Waals surface area contributed by atoms with Gasteiger partial charge in [0.25, 0.3) is 0 Å². The zero-order valence-electron chi connectivity index (χ0n) is 11.1. The van der Waals surface area contributed by atoms with Gasteiger partial charge in [-0.05, 0) is 38.5 Å². The lowest BCUT2D eigenvalue weighted by molar-refractivity contribution is -0.143. The molecule has 0 saturated heterocycles. The lowest BCUT2D eigenvalue weighted by Crippen LogP contribution is -2.54. The first kappa shape index (κ1) is 15.5. The fourth-order valence-electron chi connectivity index (χ4n) is 1.47. The molecular formula is C13H18F2N2O2. The molecule has 1 rings (SSSR count). The van der Waals surface area contributed by atoms with Crippen LogP contribution in [0.25, 0.3) is 0 Å². The average molecular weight is 272 g/mol. The summed E-state index contributed by atoms with van der Waals surface area (Å²) >= 11 is 0. The second kappa shape index (κ2) is 5.22. The van der Waals surface area contributed by atoms with E-state index in [1.54, 1.807) is 6.92 Å². The maximum atomic E-state index is 13.2. The van der Waals surface area contributed by atoms with Gasteiger partial charge in [-0.2, -0.15) is 0 Å². The van der Waals surface area contributed by atoms with Crippen molar-refractivity contribution in [3.05, 3.63) is 35.4 Å². The van der Waals surface area contributed by atoms with Crippen LogP contribution in [0.5, 0.6) is 0 Å². The van der Waals surface area contributed by atoms with Gasteiger partial charge in [0, 0.05) is 12.6 Å². The van der Waals surface area contributed by atoms with E-state index in [2.05, 4.69) is 5.32 Å². The SMILES string of the molecule is CC(C)(NCC(C)(N)c1cc(F)cc(F)c1)C(=O)O. The zero-order valence-corrected chi connectivity index (χ0v) is 11.1. The number of rotatable bonds is 5. The van der Waals surface area contributed by atoms with Crippen molar-refractivity contribution in [1.29, 1.82) is 0 Å². The Balaban J connectivity index is 2.89. The Labute approximate surface area is 110 Å². The molecular weight excluding hydrogens is 254 g/mol. The molecule has 0 bridgehead atoms. The van der Waals surface area contributed by atoms with Gasteiger partial charge in [-0.15, -0.1) is 0 Å². The summed E-state index contributed by atoms with van der Waals surface area (Å²) in [7, 11) is 0. The van der Waals surface area contributed by atoms with Gasteiger partial charge in [-0.3, -0.25) is 4.79 Å². The number of hydrogen-bond donors (Lipinski definition) is 3. The Kier molecular flexibility index (Phi) is 4.27. The van der Waals surface area contributed by atoms with Gasteiger partial charge in [0.05, 0.1) is 5.54 Å². The third-order valence-electron chi connectivity index (χ3n) is 2.95. The molecule has 1 atom stereocenters. The average Bonchev–Trinajstić information content (AvgIpc) is 2.25. The lowest BCUT2D eigenvalue weighted by Gasteiger charge is -2.30. The molecule has 0 aliphatic carbocycles. The summed E-state index contributed by atoms with van der Waals surface area (Å²) in [6.07, 6.45) is 0. The van der Waals surface area contributed by atoms with Gasteiger partial charge >= 0.3 is 5.97 Å². The van der Waals surface area contributed by atoms with Crippen molar-refractivity contribution in [2.45, 2.75) is 31.8 Å². The molecule has 19 heavy (non-hydrogen) atoms. The van der Waals surface area contributed by atoms with Crippen LogP contribution < -0.4 is 11.1 Å².